The van der Waals surface area contributed by atoms with E-state index in [0.717, 1.165) is 22.2 Å². The van der Waals surface area contributed by atoms with Crippen LogP contribution >= 0.6 is 0 Å². The van der Waals surface area contributed by atoms with Gasteiger partial charge in [0, 0.05) is 23.2 Å². The first-order valence-corrected chi connectivity index (χ1v) is 9.18. The van der Waals surface area contributed by atoms with Crippen LogP contribution in [0.5, 0.6) is 0 Å². The number of aromatic amines is 1. The van der Waals surface area contributed by atoms with Crippen LogP contribution in [0.15, 0.2) is 12.1 Å². The predicted octanol–water partition coefficient (Wildman–Crippen LogP) is 1.92. The molecule has 3 rings (SSSR count). The highest BCUT2D eigenvalue weighted by molar-refractivity contribution is 5.93. The number of hydrogen-bond acceptors (Lipinski definition) is 4. The average Bonchev–Trinajstić information content (AvgIpc) is 2.95. The van der Waals surface area contributed by atoms with E-state index in [9.17, 15) is 4.79 Å². The number of hydrogen-bond donors (Lipinski definition) is 3. The summed E-state index contributed by atoms with van der Waals surface area (Å²) in [5.41, 5.74) is 5.56. The number of nitrogens with one attached hydrogen (secondary N) is 2. The minimum absolute atomic E-state index is 0.0144. The van der Waals surface area contributed by atoms with Crippen molar-refractivity contribution in [1.82, 2.24) is 10.3 Å². The first-order valence-electron chi connectivity index (χ1n) is 9.18. The van der Waals surface area contributed by atoms with Crippen LogP contribution in [0.25, 0.3) is 10.9 Å². The molecule has 26 heavy (non-hydrogen) atoms. The number of aryl methyl sites for hydroxylation is 3. The van der Waals surface area contributed by atoms with E-state index < -0.39 is 0 Å². The largest absolute Gasteiger partial charge is 0.394 e. The summed E-state index contributed by atoms with van der Waals surface area (Å²) >= 11 is 0. The van der Waals surface area contributed by atoms with E-state index in [2.05, 4.69) is 36.3 Å². The van der Waals surface area contributed by atoms with E-state index in [4.69, 9.17) is 14.6 Å². The van der Waals surface area contributed by atoms with Crippen molar-refractivity contribution >= 4 is 16.8 Å². The van der Waals surface area contributed by atoms with E-state index in [1.807, 2.05) is 6.92 Å². The highest BCUT2D eigenvalue weighted by atomic mass is 16.5. The molecule has 1 aliphatic rings. The molecule has 1 saturated heterocycles. The predicted molar refractivity (Wildman–Crippen MR) is 100 cm³/mol. The molecule has 6 nitrogen and oxygen atoms in total. The maximum absolute atomic E-state index is 12.7. The fourth-order valence-electron chi connectivity index (χ4n) is 3.70. The molecule has 2 aromatic rings. The standard InChI is InChI=1S/C20H28N2O4/c1-12-4-5-13(2)20-19(12)15(14(3)21-20)10-18(24)22-16-6-8-25-11-17(16)26-9-7-23/h4-5,16-17,21,23H,6-11H2,1-3H3,(H,22,24)/t16-,17-/m1/s1. The third-order valence-corrected chi connectivity index (χ3v) is 5.10. The van der Waals surface area contributed by atoms with Gasteiger partial charge in [-0.15, -0.1) is 0 Å². The summed E-state index contributed by atoms with van der Waals surface area (Å²) in [5.74, 6) is -0.0144. The second-order valence-electron chi connectivity index (χ2n) is 7.03. The maximum atomic E-state index is 12.7. The monoisotopic (exact) mass is 360 g/mol. The zero-order chi connectivity index (χ0) is 18.7. The second-order valence-corrected chi connectivity index (χ2v) is 7.03. The van der Waals surface area contributed by atoms with Crippen LogP contribution in [-0.4, -0.2) is 54.6 Å². The van der Waals surface area contributed by atoms with E-state index in [-0.39, 0.29) is 31.3 Å². The summed E-state index contributed by atoms with van der Waals surface area (Å²) in [4.78, 5) is 16.1. The second kappa shape index (κ2) is 8.20. The Hall–Kier alpha value is -1.89. The van der Waals surface area contributed by atoms with E-state index in [1.165, 1.54) is 11.1 Å². The molecule has 1 amide bonds. The van der Waals surface area contributed by atoms with Gasteiger partial charge in [-0.1, -0.05) is 12.1 Å². The summed E-state index contributed by atoms with van der Waals surface area (Å²) in [6.45, 7) is 7.43. The van der Waals surface area contributed by atoms with Gasteiger partial charge in [-0.2, -0.15) is 0 Å². The quantitative estimate of drug-likeness (QED) is 0.735. The molecule has 0 saturated carbocycles. The molecule has 2 heterocycles. The number of carbonyl (C=O) groups is 1. The van der Waals surface area contributed by atoms with Gasteiger partial charge in [0.25, 0.3) is 0 Å². The fourth-order valence-corrected chi connectivity index (χ4v) is 3.70. The molecule has 1 fully saturated rings. The Kier molecular flexibility index (Phi) is 5.96. The maximum Gasteiger partial charge on any atom is 0.224 e. The topological polar surface area (TPSA) is 83.6 Å². The molecular formula is C20H28N2O4. The molecule has 0 bridgehead atoms. The molecule has 6 heteroatoms. The third kappa shape index (κ3) is 3.92. The van der Waals surface area contributed by atoms with Gasteiger partial charge < -0.3 is 24.9 Å². The van der Waals surface area contributed by atoms with Gasteiger partial charge in [-0.3, -0.25) is 4.79 Å². The number of aromatic nitrogens is 1. The lowest BCUT2D eigenvalue weighted by atomic mass is 10.00. The van der Waals surface area contributed by atoms with E-state index in [1.54, 1.807) is 0 Å². The smallest absolute Gasteiger partial charge is 0.224 e. The van der Waals surface area contributed by atoms with Crippen molar-refractivity contribution in [3.8, 4) is 0 Å². The van der Waals surface area contributed by atoms with Gasteiger partial charge in [0.15, 0.2) is 0 Å². The van der Waals surface area contributed by atoms with Crippen molar-refractivity contribution in [3.63, 3.8) is 0 Å². The van der Waals surface area contributed by atoms with Crippen LogP contribution in [0.4, 0.5) is 0 Å². The molecule has 0 spiro atoms. The van der Waals surface area contributed by atoms with Gasteiger partial charge in [0.2, 0.25) is 5.91 Å². The summed E-state index contributed by atoms with van der Waals surface area (Å²) in [6.07, 6.45) is 0.834. The van der Waals surface area contributed by atoms with E-state index in [0.29, 0.717) is 26.1 Å². The summed E-state index contributed by atoms with van der Waals surface area (Å²) in [6, 6.07) is 4.11. The number of aliphatic hydroxyl groups excluding tert-OH is 1. The Bertz CT molecular complexity index is 784. The van der Waals surface area contributed by atoms with Crippen molar-refractivity contribution in [2.24, 2.45) is 0 Å². The number of aliphatic hydroxyl groups is 1. The van der Waals surface area contributed by atoms with Crippen molar-refractivity contribution in [1.29, 1.82) is 0 Å². The molecule has 1 aromatic carbocycles. The van der Waals surface area contributed by atoms with Gasteiger partial charge >= 0.3 is 0 Å². The zero-order valence-electron chi connectivity index (χ0n) is 15.7. The number of carbonyl (C=O) groups excluding carboxylic acids is 1. The zero-order valence-corrected chi connectivity index (χ0v) is 15.7. The Morgan fingerprint density at radius 2 is 2.12 bits per heavy atom. The molecule has 1 aliphatic heterocycles. The molecule has 2 atom stereocenters. The number of benzene rings is 1. The van der Waals surface area contributed by atoms with E-state index >= 15 is 0 Å². The van der Waals surface area contributed by atoms with Gasteiger partial charge in [-0.05, 0) is 43.9 Å². The lowest BCUT2D eigenvalue weighted by molar-refractivity contribution is -0.125. The minimum Gasteiger partial charge on any atom is -0.394 e. The van der Waals surface area contributed by atoms with Crippen molar-refractivity contribution in [3.05, 3.63) is 34.5 Å². The molecular weight excluding hydrogens is 332 g/mol. The minimum atomic E-state index is -0.215. The lowest BCUT2D eigenvalue weighted by Crippen LogP contribution is -2.50. The first kappa shape index (κ1) is 18.9. The molecule has 0 unspecified atom stereocenters. The Balaban J connectivity index is 1.75. The molecule has 0 radical (unpaired) electrons. The number of fused-ring (bicyclic) bond motifs is 1. The van der Waals surface area contributed by atoms with Crippen LogP contribution in [0.2, 0.25) is 0 Å². The SMILES string of the molecule is Cc1[nH]c2c(C)ccc(C)c2c1CC(=O)N[C@@H]1CCOC[C@H]1OCCO. The van der Waals surface area contributed by atoms with Gasteiger partial charge in [-0.25, -0.2) is 0 Å². The lowest BCUT2D eigenvalue weighted by Gasteiger charge is -2.32. The van der Waals surface area contributed by atoms with Gasteiger partial charge in [0.1, 0.15) is 6.10 Å². The number of H-pyrrole nitrogens is 1. The number of rotatable bonds is 6. The normalized spacial score (nSPS) is 20.5. The van der Waals surface area contributed by atoms with Crippen LogP contribution in [0.3, 0.4) is 0 Å². The van der Waals surface area contributed by atoms with Crippen LogP contribution in [-0.2, 0) is 20.7 Å². The number of amides is 1. The Labute approximate surface area is 153 Å². The molecule has 142 valence electrons. The van der Waals surface area contributed by atoms with Crippen molar-refractivity contribution in [2.75, 3.05) is 26.4 Å². The highest BCUT2D eigenvalue weighted by Crippen LogP contribution is 2.28. The summed E-state index contributed by atoms with van der Waals surface area (Å²) in [5, 5.41) is 13.2. The molecule has 1 aromatic heterocycles. The van der Waals surface area contributed by atoms with Crippen LogP contribution < -0.4 is 5.32 Å². The van der Waals surface area contributed by atoms with Crippen molar-refractivity contribution < 1.29 is 19.4 Å². The molecule has 0 aliphatic carbocycles. The fraction of sp³-hybridized carbons (Fsp3) is 0.550. The Morgan fingerprint density at radius 3 is 2.88 bits per heavy atom. The average molecular weight is 360 g/mol. The van der Waals surface area contributed by atoms with Crippen molar-refractivity contribution in [2.45, 2.75) is 45.8 Å². The first-order chi connectivity index (χ1) is 12.5. The van der Waals surface area contributed by atoms with Crippen LogP contribution in [0, 0.1) is 20.8 Å². The van der Waals surface area contributed by atoms with Crippen LogP contribution in [0.1, 0.15) is 28.8 Å². The number of ether oxygens (including phenoxy) is 2. The third-order valence-electron chi connectivity index (χ3n) is 5.10. The highest BCUT2D eigenvalue weighted by Gasteiger charge is 2.28. The summed E-state index contributed by atoms with van der Waals surface area (Å²) in [7, 11) is 0. The summed E-state index contributed by atoms with van der Waals surface area (Å²) < 4.78 is 11.1. The molecule has 3 N–H and O–H groups in total. The Morgan fingerprint density at radius 1 is 1.35 bits per heavy atom. The van der Waals surface area contributed by atoms with Gasteiger partial charge in [0.05, 0.1) is 32.3 Å².